The molecule has 3 N–H and O–H groups in total. The van der Waals surface area contributed by atoms with E-state index >= 15 is 0 Å². The van der Waals surface area contributed by atoms with Crippen molar-refractivity contribution in [3.63, 3.8) is 0 Å². The summed E-state index contributed by atoms with van der Waals surface area (Å²) < 4.78 is 5.29. The van der Waals surface area contributed by atoms with Crippen molar-refractivity contribution >= 4 is 28.8 Å². The van der Waals surface area contributed by atoms with Gasteiger partial charge in [0.2, 0.25) is 0 Å². The monoisotopic (exact) mass is 350 g/mol. The number of carboxylic acid groups (broad SMARTS) is 1. The Bertz CT molecular complexity index is 1020. The van der Waals surface area contributed by atoms with E-state index in [1.54, 1.807) is 30.3 Å². The normalized spacial score (nSPS) is 10.9. The Hall–Kier alpha value is -3.80. The predicted octanol–water partition coefficient (Wildman–Crippen LogP) is 3.57. The molecule has 0 heterocycles. The average molecular weight is 350 g/mol. The molecule has 0 radical (unpaired) electrons. The third-order valence-corrected chi connectivity index (χ3v) is 3.70. The molecule has 0 spiro atoms. The number of carboxylic acids is 1. The number of hydrogen-bond acceptors (Lipinski definition) is 5. The molecule has 6 heteroatoms. The summed E-state index contributed by atoms with van der Waals surface area (Å²) in [6.07, 6.45) is 2.77. The van der Waals surface area contributed by atoms with Crippen LogP contribution in [0, 0.1) is 0 Å². The van der Waals surface area contributed by atoms with Gasteiger partial charge in [0.05, 0.1) is 0 Å². The highest BCUT2D eigenvalue weighted by atomic mass is 16.5. The molecule has 0 unspecified atom stereocenters. The van der Waals surface area contributed by atoms with E-state index in [0.717, 1.165) is 0 Å². The lowest BCUT2D eigenvalue weighted by Crippen LogP contribution is -2.04. The van der Waals surface area contributed by atoms with Crippen molar-refractivity contribution in [2.75, 3.05) is 0 Å². The van der Waals surface area contributed by atoms with Crippen LogP contribution in [0.5, 0.6) is 17.2 Å². The van der Waals surface area contributed by atoms with E-state index in [2.05, 4.69) is 0 Å². The number of phenolic OH excluding ortho intramolecular Hbond substituents is 1. The van der Waals surface area contributed by atoms with Gasteiger partial charge in [0.25, 0.3) is 0 Å². The van der Waals surface area contributed by atoms with Gasteiger partial charge >= 0.3 is 11.9 Å². The topological polar surface area (TPSA) is 104 Å². The summed E-state index contributed by atoms with van der Waals surface area (Å²) in [5.41, 5.74) is 0.481. The molecule has 0 amide bonds. The Morgan fingerprint density at radius 1 is 0.962 bits per heavy atom. The number of esters is 1. The van der Waals surface area contributed by atoms with Gasteiger partial charge in [-0.25, -0.2) is 9.59 Å². The van der Waals surface area contributed by atoms with Crippen LogP contribution in [0.25, 0.3) is 16.8 Å². The standard InChI is InChI=1S/C20H14O6/c21-14-7-4-12(5-8-14)6-9-19(23)26-18-3-1-2-13-10-16(20(24)25)17(22)11-15(13)18/h1-11,21-22H,(H,24,25). The average Bonchev–Trinajstić information content (AvgIpc) is 2.61. The molecule has 0 atom stereocenters. The lowest BCUT2D eigenvalue weighted by atomic mass is 10.1. The maximum absolute atomic E-state index is 12.0. The summed E-state index contributed by atoms with van der Waals surface area (Å²) in [5.74, 6) is -1.96. The molecule has 0 saturated carbocycles. The maximum atomic E-state index is 12.0. The van der Waals surface area contributed by atoms with Crippen LogP contribution in [0.2, 0.25) is 0 Å². The molecule has 130 valence electrons. The third-order valence-electron chi connectivity index (χ3n) is 3.70. The van der Waals surface area contributed by atoms with Crippen molar-refractivity contribution in [1.82, 2.24) is 0 Å². The van der Waals surface area contributed by atoms with Gasteiger partial charge < -0.3 is 20.1 Å². The number of ether oxygens (including phenoxy) is 1. The van der Waals surface area contributed by atoms with Crippen molar-refractivity contribution in [2.45, 2.75) is 0 Å². The minimum atomic E-state index is -1.25. The number of rotatable bonds is 4. The molecule has 0 aromatic heterocycles. The molecule has 0 aliphatic rings. The van der Waals surface area contributed by atoms with Crippen molar-refractivity contribution < 1.29 is 29.6 Å². The van der Waals surface area contributed by atoms with Crippen molar-refractivity contribution in [3.05, 3.63) is 71.8 Å². The fourth-order valence-electron chi connectivity index (χ4n) is 2.44. The van der Waals surface area contributed by atoms with E-state index in [1.165, 1.54) is 36.4 Å². The number of fused-ring (bicyclic) bond motifs is 1. The highest BCUT2D eigenvalue weighted by Crippen LogP contribution is 2.31. The van der Waals surface area contributed by atoms with E-state index < -0.39 is 17.7 Å². The summed E-state index contributed by atoms with van der Waals surface area (Å²) in [5, 5.41) is 29.1. The van der Waals surface area contributed by atoms with Gasteiger partial charge in [-0.1, -0.05) is 24.3 Å². The van der Waals surface area contributed by atoms with Crippen LogP contribution in [0.1, 0.15) is 15.9 Å². The molecule has 3 aromatic rings. The SMILES string of the molecule is O=C(C=Cc1ccc(O)cc1)Oc1cccc2cc(C(=O)O)c(O)cc12. The van der Waals surface area contributed by atoms with E-state index in [0.29, 0.717) is 16.3 Å². The van der Waals surface area contributed by atoms with Gasteiger partial charge in [-0.3, -0.25) is 0 Å². The fraction of sp³-hybridized carbons (Fsp3) is 0. The maximum Gasteiger partial charge on any atom is 0.339 e. The zero-order chi connectivity index (χ0) is 18.7. The van der Waals surface area contributed by atoms with Gasteiger partial charge in [0, 0.05) is 11.5 Å². The Morgan fingerprint density at radius 3 is 2.38 bits per heavy atom. The van der Waals surface area contributed by atoms with Crippen LogP contribution < -0.4 is 4.74 Å². The molecule has 3 rings (SSSR count). The third kappa shape index (κ3) is 3.64. The van der Waals surface area contributed by atoms with Crippen LogP contribution in [0.15, 0.2) is 60.7 Å². The first-order valence-electron chi connectivity index (χ1n) is 7.62. The molecule has 0 bridgehead atoms. The Morgan fingerprint density at radius 2 is 1.69 bits per heavy atom. The lowest BCUT2D eigenvalue weighted by molar-refractivity contribution is -0.128. The fourth-order valence-corrected chi connectivity index (χ4v) is 2.44. The number of hydrogen-bond donors (Lipinski definition) is 3. The minimum Gasteiger partial charge on any atom is -0.508 e. The Balaban J connectivity index is 1.86. The van der Waals surface area contributed by atoms with Gasteiger partial charge in [0.15, 0.2) is 0 Å². The molecule has 3 aromatic carbocycles. The van der Waals surface area contributed by atoms with Crippen LogP contribution >= 0.6 is 0 Å². The summed E-state index contributed by atoms with van der Waals surface area (Å²) in [7, 11) is 0. The second kappa shape index (κ2) is 6.98. The van der Waals surface area contributed by atoms with E-state index in [4.69, 9.17) is 9.84 Å². The van der Waals surface area contributed by atoms with E-state index in [-0.39, 0.29) is 17.1 Å². The quantitative estimate of drug-likeness (QED) is 0.377. The second-order valence-electron chi connectivity index (χ2n) is 5.50. The molecule has 0 aliphatic carbocycles. The van der Waals surface area contributed by atoms with Crippen molar-refractivity contribution in [2.24, 2.45) is 0 Å². The molecule has 0 saturated heterocycles. The first kappa shape index (κ1) is 17.0. The summed E-state index contributed by atoms with van der Waals surface area (Å²) in [6.45, 7) is 0. The Kier molecular flexibility index (Phi) is 4.57. The minimum absolute atomic E-state index is 0.126. The number of benzene rings is 3. The van der Waals surface area contributed by atoms with Crippen molar-refractivity contribution in [3.8, 4) is 17.2 Å². The first-order chi connectivity index (χ1) is 12.4. The number of phenols is 2. The number of carbonyl (C=O) groups is 2. The molecule has 26 heavy (non-hydrogen) atoms. The summed E-state index contributed by atoms with van der Waals surface area (Å²) >= 11 is 0. The van der Waals surface area contributed by atoms with Gasteiger partial charge in [0.1, 0.15) is 22.8 Å². The number of carbonyl (C=O) groups excluding carboxylic acids is 1. The van der Waals surface area contributed by atoms with Crippen LogP contribution in [0.3, 0.4) is 0 Å². The smallest absolute Gasteiger partial charge is 0.339 e. The van der Waals surface area contributed by atoms with Crippen LogP contribution in [-0.4, -0.2) is 27.3 Å². The molecular weight excluding hydrogens is 336 g/mol. The molecule has 0 aliphatic heterocycles. The highest BCUT2D eigenvalue weighted by molar-refractivity contribution is 6.00. The number of aromatic carboxylic acids is 1. The molecule has 6 nitrogen and oxygen atoms in total. The van der Waals surface area contributed by atoms with Crippen LogP contribution in [0.4, 0.5) is 0 Å². The highest BCUT2D eigenvalue weighted by Gasteiger charge is 2.14. The van der Waals surface area contributed by atoms with Gasteiger partial charge in [-0.05, 0) is 47.4 Å². The lowest BCUT2D eigenvalue weighted by Gasteiger charge is -2.08. The van der Waals surface area contributed by atoms with E-state index in [9.17, 15) is 19.8 Å². The first-order valence-corrected chi connectivity index (χ1v) is 7.62. The molecular formula is C20H14O6. The van der Waals surface area contributed by atoms with Gasteiger partial charge in [-0.2, -0.15) is 0 Å². The van der Waals surface area contributed by atoms with Gasteiger partial charge in [-0.15, -0.1) is 0 Å². The molecule has 0 fully saturated rings. The Labute approximate surface area is 148 Å². The predicted molar refractivity (Wildman–Crippen MR) is 95.3 cm³/mol. The van der Waals surface area contributed by atoms with Crippen molar-refractivity contribution in [1.29, 1.82) is 0 Å². The van der Waals surface area contributed by atoms with Crippen LogP contribution in [-0.2, 0) is 4.79 Å². The zero-order valence-corrected chi connectivity index (χ0v) is 13.4. The second-order valence-corrected chi connectivity index (χ2v) is 5.50. The largest absolute Gasteiger partial charge is 0.508 e. The summed E-state index contributed by atoms with van der Waals surface area (Å²) in [6, 6.07) is 13.7. The zero-order valence-electron chi connectivity index (χ0n) is 13.4. The number of aromatic hydroxyl groups is 2. The van der Waals surface area contributed by atoms with E-state index in [1.807, 2.05) is 0 Å². The summed E-state index contributed by atoms with van der Waals surface area (Å²) in [4.78, 5) is 23.1.